The topological polar surface area (TPSA) is 68.1 Å². The van der Waals surface area contributed by atoms with Gasteiger partial charge in [-0.25, -0.2) is 4.98 Å². The van der Waals surface area contributed by atoms with Gasteiger partial charge in [0.1, 0.15) is 18.9 Å². The standard InChI is InChI=1S/C19H20N4O3S/c24-18(15-12-23-6-9-27-19(23)21-15)22-5-1-2-14(11-22)20-13-3-4-16-17(10-13)26-8-7-25-16/h3-4,6,9-10,12,14,20H,1-2,5,7-8,11H2/t14-/m0/s1. The zero-order chi connectivity index (χ0) is 18.2. The van der Waals surface area contributed by atoms with Crippen LogP contribution in [0.25, 0.3) is 4.96 Å². The predicted molar refractivity (Wildman–Crippen MR) is 103 cm³/mol. The van der Waals surface area contributed by atoms with Crippen molar-refractivity contribution in [1.29, 1.82) is 0 Å². The number of amides is 1. The van der Waals surface area contributed by atoms with Crippen LogP contribution < -0.4 is 14.8 Å². The normalized spacial score (nSPS) is 19.3. The van der Waals surface area contributed by atoms with Crippen LogP contribution in [-0.4, -0.2) is 52.5 Å². The fourth-order valence-electron chi connectivity index (χ4n) is 3.64. The van der Waals surface area contributed by atoms with Crippen LogP contribution in [-0.2, 0) is 0 Å². The summed E-state index contributed by atoms with van der Waals surface area (Å²) in [6.07, 6.45) is 5.73. The van der Waals surface area contributed by atoms with Crippen LogP contribution in [0.4, 0.5) is 5.69 Å². The molecular weight excluding hydrogens is 364 g/mol. The molecule has 5 rings (SSSR count). The monoisotopic (exact) mass is 384 g/mol. The van der Waals surface area contributed by atoms with Crippen molar-refractivity contribution in [3.8, 4) is 11.5 Å². The van der Waals surface area contributed by atoms with E-state index in [0.29, 0.717) is 25.5 Å². The number of carbonyl (C=O) groups is 1. The third-order valence-corrected chi connectivity index (χ3v) is 5.70. The molecule has 0 bridgehead atoms. The molecule has 1 N–H and O–H groups in total. The molecule has 2 aromatic heterocycles. The number of carbonyl (C=O) groups excluding carboxylic acids is 1. The Hall–Kier alpha value is -2.74. The van der Waals surface area contributed by atoms with Gasteiger partial charge in [0.15, 0.2) is 16.5 Å². The van der Waals surface area contributed by atoms with Crippen molar-refractivity contribution in [3.63, 3.8) is 0 Å². The molecule has 7 nitrogen and oxygen atoms in total. The quantitative estimate of drug-likeness (QED) is 0.752. The van der Waals surface area contributed by atoms with E-state index in [-0.39, 0.29) is 11.9 Å². The smallest absolute Gasteiger partial charge is 0.274 e. The number of piperidine rings is 1. The molecule has 2 aliphatic rings. The van der Waals surface area contributed by atoms with Gasteiger partial charge in [0.05, 0.1) is 0 Å². The molecule has 0 unspecified atom stereocenters. The second kappa shape index (κ2) is 6.77. The highest BCUT2D eigenvalue weighted by Crippen LogP contribution is 2.33. The molecule has 140 valence electrons. The second-order valence-electron chi connectivity index (χ2n) is 6.81. The number of aromatic nitrogens is 2. The SMILES string of the molecule is O=C(c1cn2ccsc2n1)N1CCC[C@H](Nc2ccc3c(c2)OCCO3)C1. The van der Waals surface area contributed by atoms with E-state index in [1.54, 1.807) is 0 Å². The van der Waals surface area contributed by atoms with Crippen molar-refractivity contribution in [1.82, 2.24) is 14.3 Å². The average Bonchev–Trinajstić information content (AvgIpc) is 3.30. The lowest BCUT2D eigenvalue weighted by Crippen LogP contribution is -2.45. The van der Waals surface area contributed by atoms with Gasteiger partial charge in [0.25, 0.3) is 5.91 Å². The maximum atomic E-state index is 12.8. The molecule has 0 aliphatic carbocycles. The number of rotatable bonds is 3. The number of hydrogen-bond donors (Lipinski definition) is 1. The maximum absolute atomic E-state index is 12.8. The summed E-state index contributed by atoms with van der Waals surface area (Å²) in [5, 5.41) is 5.50. The Morgan fingerprint density at radius 3 is 3.04 bits per heavy atom. The number of nitrogens with zero attached hydrogens (tertiary/aromatic N) is 3. The van der Waals surface area contributed by atoms with E-state index < -0.39 is 0 Å². The predicted octanol–water partition coefficient (Wildman–Crippen LogP) is 2.88. The van der Waals surface area contributed by atoms with E-state index >= 15 is 0 Å². The van der Waals surface area contributed by atoms with Crippen LogP contribution in [0.3, 0.4) is 0 Å². The van der Waals surface area contributed by atoms with Gasteiger partial charge in [-0.1, -0.05) is 0 Å². The van der Waals surface area contributed by atoms with E-state index in [2.05, 4.69) is 10.3 Å². The van der Waals surface area contributed by atoms with Crippen LogP contribution in [0.1, 0.15) is 23.3 Å². The number of anilines is 1. The average molecular weight is 384 g/mol. The minimum atomic E-state index is -0.000394. The first-order valence-corrected chi connectivity index (χ1v) is 10.0. The van der Waals surface area contributed by atoms with Gasteiger partial charge in [-0.05, 0) is 25.0 Å². The van der Waals surface area contributed by atoms with Crippen LogP contribution in [0.15, 0.2) is 36.0 Å². The Morgan fingerprint density at radius 1 is 1.26 bits per heavy atom. The summed E-state index contributed by atoms with van der Waals surface area (Å²) in [4.78, 5) is 20.0. The summed E-state index contributed by atoms with van der Waals surface area (Å²) in [5.41, 5.74) is 1.50. The summed E-state index contributed by atoms with van der Waals surface area (Å²) in [5.74, 6) is 1.56. The van der Waals surface area contributed by atoms with E-state index in [4.69, 9.17) is 9.47 Å². The van der Waals surface area contributed by atoms with Crippen molar-refractivity contribution < 1.29 is 14.3 Å². The van der Waals surface area contributed by atoms with E-state index in [1.165, 1.54) is 11.3 Å². The molecule has 1 amide bonds. The minimum absolute atomic E-state index is 0.000394. The fraction of sp³-hybridized carbons (Fsp3) is 0.368. The molecule has 0 spiro atoms. The van der Waals surface area contributed by atoms with Gasteiger partial charge in [-0.3, -0.25) is 9.20 Å². The Bertz CT molecular complexity index is 954. The van der Waals surface area contributed by atoms with E-state index in [1.807, 2.05) is 45.3 Å². The number of imidazole rings is 1. The lowest BCUT2D eigenvalue weighted by molar-refractivity contribution is 0.0709. The van der Waals surface area contributed by atoms with Gasteiger partial charge in [0, 0.05) is 48.7 Å². The molecule has 2 aliphatic heterocycles. The molecule has 1 aromatic carbocycles. The first-order valence-electron chi connectivity index (χ1n) is 9.14. The van der Waals surface area contributed by atoms with E-state index in [9.17, 15) is 4.79 Å². The summed E-state index contributed by atoms with van der Waals surface area (Å²) in [6.45, 7) is 2.59. The van der Waals surface area contributed by atoms with E-state index in [0.717, 1.165) is 41.5 Å². The number of ether oxygens (including phenoxy) is 2. The molecule has 1 fully saturated rings. The number of benzene rings is 1. The van der Waals surface area contributed by atoms with Gasteiger partial charge < -0.3 is 19.7 Å². The molecule has 8 heteroatoms. The minimum Gasteiger partial charge on any atom is -0.486 e. The number of hydrogen-bond acceptors (Lipinski definition) is 6. The van der Waals surface area contributed by atoms with Crippen LogP contribution in [0, 0.1) is 0 Å². The second-order valence-corrected chi connectivity index (χ2v) is 7.69. The molecular formula is C19H20N4O3S. The van der Waals surface area contributed by atoms with Crippen molar-refractivity contribution in [2.45, 2.75) is 18.9 Å². The maximum Gasteiger partial charge on any atom is 0.274 e. The molecule has 27 heavy (non-hydrogen) atoms. The first-order chi connectivity index (χ1) is 13.3. The van der Waals surface area contributed by atoms with Crippen LogP contribution in [0.5, 0.6) is 11.5 Å². The lowest BCUT2D eigenvalue weighted by atomic mass is 10.0. The summed E-state index contributed by atoms with van der Waals surface area (Å²) >= 11 is 1.53. The number of thiazole rings is 1. The fourth-order valence-corrected chi connectivity index (χ4v) is 4.34. The van der Waals surface area contributed by atoms with Crippen molar-refractivity contribution in [2.24, 2.45) is 0 Å². The van der Waals surface area contributed by atoms with Crippen molar-refractivity contribution >= 4 is 27.9 Å². The van der Waals surface area contributed by atoms with Gasteiger partial charge in [0.2, 0.25) is 0 Å². The first kappa shape index (κ1) is 16.4. The molecule has 1 atom stereocenters. The number of nitrogens with one attached hydrogen (secondary N) is 1. The third kappa shape index (κ3) is 3.21. The molecule has 0 radical (unpaired) electrons. The Kier molecular flexibility index (Phi) is 4.12. The van der Waals surface area contributed by atoms with Gasteiger partial charge >= 0.3 is 0 Å². The summed E-state index contributed by atoms with van der Waals surface area (Å²) < 4.78 is 13.1. The highest BCUT2D eigenvalue weighted by molar-refractivity contribution is 7.15. The number of likely N-dealkylation sites (tertiary alicyclic amines) is 1. The zero-order valence-corrected chi connectivity index (χ0v) is 15.6. The van der Waals surface area contributed by atoms with Crippen LogP contribution in [0.2, 0.25) is 0 Å². The van der Waals surface area contributed by atoms with Crippen LogP contribution >= 0.6 is 11.3 Å². The molecule has 1 saturated heterocycles. The van der Waals surface area contributed by atoms with Gasteiger partial charge in [-0.2, -0.15) is 0 Å². The Labute approximate surface area is 160 Å². The molecule has 3 aromatic rings. The van der Waals surface area contributed by atoms with Gasteiger partial charge in [-0.15, -0.1) is 11.3 Å². The largest absolute Gasteiger partial charge is 0.486 e. The van der Waals surface area contributed by atoms with Crippen molar-refractivity contribution in [2.75, 3.05) is 31.6 Å². The highest BCUT2D eigenvalue weighted by atomic mass is 32.1. The molecule has 4 heterocycles. The number of fused-ring (bicyclic) bond motifs is 2. The lowest BCUT2D eigenvalue weighted by Gasteiger charge is -2.33. The highest BCUT2D eigenvalue weighted by Gasteiger charge is 2.26. The third-order valence-electron chi connectivity index (χ3n) is 4.93. The summed E-state index contributed by atoms with van der Waals surface area (Å²) in [6, 6.07) is 6.10. The molecule has 0 saturated carbocycles. The summed E-state index contributed by atoms with van der Waals surface area (Å²) in [7, 11) is 0. The zero-order valence-electron chi connectivity index (χ0n) is 14.8. The Balaban J connectivity index is 1.28. The van der Waals surface area contributed by atoms with Crippen molar-refractivity contribution in [3.05, 3.63) is 41.7 Å². The Morgan fingerprint density at radius 2 is 2.15 bits per heavy atom.